The summed E-state index contributed by atoms with van der Waals surface area (Å²) in [5, 5.41) is 0.504. The van der Waals surface area contributed by atoms with E-state index in [1.54, 1.807) is 39.5 Å². The number of carbonyl (C=O) groups is 1. The van der Waals surface area contributed by atoms with Crippen LogP contribution in [0.3, 0.4) is 0 Å². The van der Waals surface area contributed by atoms with Crippen molar-refractivity contribution in [3.8, 4) is 17.2 Å². The van der Waals surface area contributed by atoms with E-state index in [0.29, 0.717) is 22.9 Å². The first-order valence-corrected chi connectivity index (χ1v) is 8.80. The van der Waals surface area contributed by atoms with Gasteiger partial charge in [-0.25, -0.2) is 0 Å². The average Bonchev–Trinajstić information content (AvgIpc) is 3.50. The van der Waals surface area contributed by atoms with Gasteiger partial charge in [-0.2, -0.15) is 0 Å². The predicted octanol–water partition coefficient (Wildman–Crippen LogP) is 4.17. The second-order valence-electron chi connectivity index (χ2n) is 6.19. The SMILES string of the molecule is COc1ccc(OC)c(CN(C(=O)c2cc(Cl)ccc2OC)C2CC2)c1. The van der Waals surface area contributed by atoms with Crippen molar-refractivity contribution >= 4 is 17.5 Å². The van der Waals surface area contributed by atoms with Crippen LogP contribution in [-0.4, -0.2) is 38.2 Å². The second-order valence-corrected chi connectivity index (χ2v) is 6.62. The van der Waals surface area contributed by atoms with Gasteiger partial charge in [0.2, 0.25) is 0 Å². The Kier molecular flexibility index (Phi) is 5.57. The molecule has 6 heteroatoms. The lowest BCUT2D eigenvalue weighted by atomic mass is 10.1. The molecule has 138 valence electrons. The Balaban J connectivity index is 1.94. The molecule has 0 atom stereocenters. The summed E-state index contributed by atoms with van der Waals surface area (Å²) >= 11 is 6.10. The molecule has 2 aromatic rings. The number of amides is 1. The van der Waals surface area contributed by atoms with Gasteiger partial charge in [-0.15, -0.1) is 0 Å². The number of rotatable bonds is 7. The molecule has 1 amide bonds. The third-order valence-corrected chi connectivity index (χ3v) is 4.70. The van der Waals surface area contributed by atoms with Crippen molar-refractivity contribution in [2.75, 3.05) is 21.3 Å². The van der Waals surface area contributed by atoms with E-state index in [0.717, 1.165) is 29.9 Å². The van der Waals surface area contributed by atoms with Gasteiger partial charge in [-0.1, -0.05) is 11.6 Å². The fraction of sp³-hybridized carbons (Fsp3) is 0.350. The minimum absolute atomic E-state index is 0.100. The molecule has 0 aromatic heterocycles. The van der Waals surface area contributed by atoms with Crippen molar-refractivity contribution in [2.45, 2.75) is 25.4 Å². The van der Waals surface area contributed by atoms with E-state index in [1.165, 1.54) is 0 Å². The zero-order valence-corrected chi connectivity index (χ0v) is 15.9. The maximum atomic E-state index is 13.2. The van der Waals surface area contributed by atoms with Crippen molar-refractivity contribution in [1.82, 2.24) is 4.90 Å². The molecular formula is C20H22ClNO4. The molecule has 1 fully saturated rings. The summed E-state index contributed by atoms with van der Waals surface area (Å²) in [5.74, 6) is 1.87. The Bertz CT molecular complexity index is 804. The maximum Gasteiger partial charge on any atom is 0.258 e. The Labute approximate surface area is 158 Å². The molecule has 1 saturated carbocycles. The smallest absolute Gasteiger partial charge is 0.258 e. The van der Waals surface area contributed by atoms with Crippen LogP contribution in [0.15, 0.2) is 36.4 Å². The lowest BCUT2D eigenvalue weighted by Crippen LogP contribution is -2.33. The number of methoxy groups -OCH3 is 3. The van der Waals surface area contributed by atoms with E-state index in [9.17, 15) is 4.79 Å². The molecule has 0 aliphatic heterocycles. The van der Waals surface area contributed by atoms with Crippen LogP contribution in [0.2, 0.25) is 5.02 Å². The molecule has 1 aliphatic carbocycles. The highest BCUT2D eigenvalue weighted by Gasteiger charge is 2.34. The highest BCUT2D eigenvalue weighted by Crippen LogP contribution is 2.34. The Morgan fingerprint density at radius 1 is 1.04 bits per heavy atom. The third-order valence-electron chi connectivity index (χ3n) is 4.47. The van der Waals surface area contributed by atoms with E-state index in [1.807, 2.05) is 23.1 Å². The maximum absolute atomic E-state index is 13.2. The molecule has 2 aromatic carbocycles. The Morgan fingerprint density at radius 3 is 2.35 bits per heavy atom. The summed E-state index contributed by atoms with van der Waals surface area (Å²) in [6.45, 7) is 0.430. The molecule has 0 radical (unpaired) electrons. The quantitative estimate of drug-likeness (QED) is 0.728. The summed E-state index contributed by atoms with van der Waals surface area (Å²) in [6.07, 6.45) is 1.97. The summed E-state index contributed by atoms with van der Waals surface area (Å²) in [4.78, 5) is 15.1. The lowest BCUT2D eigenvalue weighted by molar-refractivity contribution is 0.0725. The van der Waals surface area contributed by atoms with Crippen LogP contribution in [0.5, 0.6) is 17.2 Å². The molecule has 0 spiro atoms. The van der Waals surface area contributed by atoms with Crippen LogP contribution in [-0.2, 0) is 6.54 Å². The highest BCUT2D eigenvalue weighted by molar-refractivity contribution is 6.31. The molecule has 0 bridgehead atoms. The van der Waals surface area contributed by atoms with Gasteiger partial charge in [-0.3, -0.25) is 4.79 Å². The first-order chi connectivity index (χ1) is 12.6. The first-order valence-electron chi connectivity index (χ1n) is 8.42. The number of nitrogens with zero attached hydrogens (tertiary/aromatic N) is 1. The van der Waals surface area contributed by atoms with E-state index in [4.69, 9.17) is 25.8 Å². The minimum Gasteiger partial charge on any atom is -0.497 e. The van der Waals surface area contributed by atoms with Crippen LogP contribution in [0.4, 0.5) is 0 Å². The largest absolute Gasteiger partial charge is 0.497 e. The van der Waals surface area contributed by atoms with Gasteiger partial charge >= 0.3 is 0 Å². The number of ether oxygens (including phenoxy) is 3. The van der Waals surface area contributed by atoms with Crippen molar-refractivity contribution in [3.05, 3.63) is 52.5 Å². The highest BCUT2D eigenvalue weighted by atomic mass is 35.5. The number of halogens is 1. The van der Waals surface area contributed by atoms with Gasteiger partial charge < -0.3 is 19.1 Å². The molecule has 0 N–H and O–H groups in total. The van der Waals surface area contributed by atoms with Gasteiger partial charge in [0.05, 0.1) is 33.4 Å². The van der Waals surface area contributed by atoms with Gasteiger partial charge in [0.25, 0.3) is 5.91 Å². The molecule has 5 nitrogen and oxygen atoms in total. The molecule has 1 aliphatic rings. The van der Waals surface area contributed by atoms with E-state index in [2.05, 4.69) is 0 Å². The number of benzene rings is 2. The zero-order chi connectivity index (χ0) is 18.7. The van der Waals surface area contributed by atoms with E-state index < -0.39 is 0 Å². The van der Waals surface area contributed by atoms with Crippen LogP contribution in [0, 0.1) is 0 Å². The zero-order valence-electron chi connectivity index (χ0n) is 15.1. The summed E-state index contributed by atoms with van der Waals surface area (Å²) in [5.41, 5.74) is 1.36. The third kappa shape index (κ3) is 3.88. The molecule has 0 heterocycles. The summed E-state index contributed by atoms with van der Waals surface area (Å²) < 4.78 is 16.1. The topological polar surface area (TPSA) is 48.0 Å². The second kappa shape index (κ2) is 7.87. The van der Waals surface area contributed by atoms with E-state index in [-0.39, 0.29) is 11.9 Å². The number of carbonyl (C=O) groups excluding carboxylic acids is 1. The first kappa shape index (κ1) is 18.4. The number of hydrogen-bond donors (Lipinski definition) is 0. The molecule has 0 unspecified atom stereocenters. The predicted molar refractivity (Wildman–Crippen MR) is 100 cm³/mol. The summed E-state index contributed by atoms with van der Waals surface area (Å²) in [6, 6.07) is 10.9. The minimum atomic E-state index is -0.100. The van der Waals surface area contributed by atoms with Crippen molar-refractivity contribution in [2.24, 2.45) is 0 Å². The molecule has 0 saturated heterocycles. The number of hydrogen-bond acceptors (Lipinski definition) is 4. The van der Waals surface area contributed by atoms with Crippen molar-refractivity contribution < 1.29 is 19.0 Å². The van der Waals surface area contributed by atoms with Crippen LogP contribution < -0.4 is 14.2 Å². The standard InChI is InChI=1S/C20H22ClNO4/c1-24-16-7-9-18(25-2)13(10-16)12-22(15-5-6-15)20(23)17-11-14(21)4-8-19(17)26-3/h4,7-11,15H,5-6,12H2,1-3H3. The molecule has 26 heavy (non-hydrogen) atoms. The van der Waals surface area contributed by atoms with Gasteiger partial charge in [0.15, 0.2) is 0 Å². The molecule has 3 rings (SSSR count). The fourth-order valence-corrected chi connectivity index (χ4v) is 3.12. The van der Waals surface area contributed by atoms with Crippen molar-refractivity contribution in [3.63, 3.8) is 0 Å². The monoisotopic (exact) mass is 375 g/mol. The lowest BCUT2D eigenvalue weighted by Gasteiger charge is -2.25. The van der Waals surface area contributed by atoms with Crippen molar-refractivity contribution in [1.29, 1.82) is 0 Å². The normalized spacial score (nSPS) is 13.2. The van der Waals surface area contributed by atoms with Crippen LogP contribution in [0.1, 0.15) is 28.8 Å². The van der Waals surface area contributed by atoms with Gasteiger partial charge in [0.1, 0.15) is 17.2 Å². The average molecular weight is 376 g/mol. The van der Waals surface area contributed by atoms with Gasteiger partial charge in [0, 0.05) is 16.6 Å². The Hall–Kier alpha value is -2.40. The Morgan fingerprint density at radius 2 is 1.73 bits per heavy atom. The van der Waals surface area contributed by atoms with Crippen LogP contribution in [0.25, 0.3) is 0 Å². The summed E-state index contributed by atoms with van der Waals surface area (Å²) in [7, 11) is 4.79. The van der Waals surface area contributed by atoms with E-state index >= 15 is 0 Å². The van der Waals surface area contributed by atoms with Crippen LogP contribution >= 0.6 is 11.6 Å². The molecular weight excluding hydrogens is 354 g/mol. The fourth-order valence-electron chi connectivity index (χ4n) is 2.94. The van der Waals surface area contributed by atoms with Gasteiger partial charge in [-0.05, 0) is 49.2 Å².